The number of fused-ring (bicyclic) bond motifs is 1. The Hall–Kier alpha value is -4.37. The molecule has 0 bridgehead atoms. The molecular formula is C31H36N4O5. The molecule has 2 heterocycles. The summed E-state index contributed by atoms with van der Waals surface area (Å²) in [5.74, 6) is 0.432. The summed E-state index contributed by atoms with van der Waals surface area (Å²) in [4.78, 5) is 34.3. The number of nitrogens with one attached hydrogen (secondary N) is 1. The van der Waals surface area contributed by atoms with Crippen molar-refractivity contribution in [3.8, 4) is 11.6 Å². The quantitative estimate of drug-likeness (QED) is 0.428. The molecule has 2 N–H and O–H groups in total. The zero-order chi connectivity index (χ0) is 28.6. The minimum Gasteiger partial charge on any atom is -0.497 e. The van der Waals surface area contributed by atoms with Crippen molar-refractivity contribution in [1.82, 2.24) is 14.8 Å². The number of ether oxygens (including phenoxy) is 2. The van der Waals surface area contributed by atoms with E-state index in [9.17, 15) is 14.7 Å². The van der Waals surface area contributed by atoms with Gasteiger partial charge >= 0.3 is 6.03 Å². The first-order valence-corrected chi connectivity index (χ1v) is 13.3. The number of anilines is 1. The number of hydrogen-bond acceptors (Lipinski definition) is 6. The van der Waals surface area contributed by atoms with Crippen LogP contribution in [-0.2, 0) is 0 Å². The number of aromatic nitrogens is 1. The molecule has 2 aromatic carbocycles. The second kappa shape index (κ2) is 13.1. The van der Waals surface area contributed by atoms with Gasteiger partial charge in [-0.3, -0.25) is 4.79 Å². The highest BCUT2D eigenvalue weighted by Crippen LogP contribution is 2.28. The third-order valence-electron chi connectivity index (χ3n) is 6.93. The third-order valence-corrected chi connectivity index (χ3v) is 6.93. The Morgan fingerprint density at radius 1 is 1.20 bits per heavy atom. The minimum absolute atomic E-state index is 0.155. The molecule has 1 aromatic heterocycles. The first-order chi connectivity index (χ1) is 19.3. The highest BCUT2D eigenvalue weighted by Gasteiger charge is 2.34. The number of amides is 3. The van der Waals surface area contributed by atoms with Crippen molar-refractivity contribution >= 4 is 29.8 Å². The number of carbonyl (C=O) groups is 2. The van der Waals surface area contributed by atoms with Gasteiger partial charge in [0, 0.05) is 37.5 Å². The van der Waals surface area contributed by atoms with Crippen LogP contribution in [0.25, 0.3) is 12.2 Å². The first kappa shape index (κ1) is 28.6. The second-order valence-electron chi connectivity index (χ2n) is 10.0. The summed E-state index contributed by atoms with van der Waals surface area (Å²) in [6, 6.07) is 18.0. The fourth-order valence-corrected chi connectivity index (χ4v) is 4.46. The molecule has 210 valence electrons. The number of pyridine rings is 1. The van der Waals surface area contributed by atoms with E-state index in [-0.39, 0.29) is 36.9 Å². The molecule has 0 aliphatic carbocycles. The van der Waals surface area contributed by atoms with E-state index < -0.39 is 12.1 Å². The Kier molecular flexibility index (Phi) is 9.39. The molecule has 0 saturated carbocycles. The lowest BCUT2D eigenvalue weighted by molar-refractivity contribution is 0.0356. The number of aliphatic hydroxyl groups is 1. The molecule has 0 fully saturated rings. The second-order valence-corrected chi connectivity index (χ2v) is 10.0. The molecule has 3 aromatic rings. The smallest absolute Gasteiger partial charge is 0.321 e. The molecule has 3 amide bonds. The number of hydrogen-bond donors (Lipinski definition) is 2. The number of benzene rings is 2. The molecule has 4 rings (SSSR count). The fourth-order valence-electron chi connectivity index (χ4n) is 4.46. The van der Waals surface area contributed by atoms with Crippen LogP contribution in [-0.4, -0.2) is 77.8 Å². The molecule has 0 saturated heterocycles. The van der Waals surface area contributed by atoms with Crippen molar-refractivity contribution in [3.05, 3.63) is 83.6 Å². The molecule has 3 atom stereocenters. The van der Waals surface area contributed by atoms with Crippen LogP contribution in [0.15, 0.2) is 66.9 Å². The number of carbonyl (C=O) groups excluding carboxylic acids is 2. The molecular weight excluding hydrogens is 508 g/mol. The Labute approximate surface area is 235 Å². The fraction of sp³-hybridized carbons (Fsp3) is 0.323. The van der Waals surface area contributed by atoms with Crippen LogP contribution < -0.4 is 14.8 Å². The minimum atomic E-state index is -0.459. The van der Waals surface area contributed by atoms with E-state index in [1.165, 1.54) is 0 Å². The van der Waals surface area contributed by atoms with Crippen molar-refractivity contribution < 1.29 is 24.2 Å². The number of nitrogens with zero attached hydrogens (tertiary/aromatic N) is 3. The largest absolute Gasteiger partial charge is 0.497 e. The Bertz CT molecular complexity index is 1350. The number of aliphatic hydroxyl groups excluding tert-OH is 1. The van der Waals surface area contributed by atoms with Crippen LogP contribution in [0, 0.1) is 5.92 Å². The van der Waals surface area contributed by atoms with Crippen molar-refractivity contribution in [2.75, 3.05) is 39.2 Å². The van der Waals surface area contributed by atoms with E-state index in [1.807, 2.05) is 56.3 Å². The van der Waals surface area contributed by atoms with Gasteiger partial charge < -0.3 is 29.7 Å². The van der Waals surface area contributed by atoms with Crippen LogP contribution in [0.4, 0.5) is 10.5 Å². The molecule has 1 aliphatic rings. The van der Waals surface area contributed by atoms with E-state index in [4.69, 9.17) is 9.47 Å². The van der Waals surface area contributed by atoms with Gasteiger partial charge in [-0.2, -0.15) is 0 Å². The van der Waals surface area contributed by atoms with Crippen molar-refractivity contribution in [1.29, 1.82) is 0 Å². The summed E-state index contributed by atoms with van der Waals surface area (Å²) in [5.41, 5.74) is 2.70. The lowest BCUT2D eigenvalue weighted by Crippen LogP contribution is -2.50. The first-order valence-electron chi connectivity index (χ1n) is 13.3. The maximum Gasteiger partial charge on any atom is 0.321 e. The van der Waals surface area contributed by atoms with Crippen molar-refractivity contribution in [2.24, 2.45) is 5.92 Å². The van der Waals surface area contributed by atoms with Gasteiger partial charge in [0.2, 0.25) is 5.88 Å². The average Bonchev–Trinajstić information content (AvgIpc) is 2.98. The van der Waals surface area contributed by atoms with Gasteiger partial charge in [0.1, 0.15) is 17.4 Å². The van der Waals surface area contributed by atoms with Gasteiger partial charge in [-0.1, -0.05) is 55.5 Å². The summed E-state index contributed by atoms with van der Waals surface area (Å²) in [6.07, 6.45) is 5.05. The molecule has 0 unspecified atom stereocenters. The lowest BCUT2D eigenvalue weighted by atomic mass is 10.00. The lowest BCUT2D eigenvalue weighted by Gasteiger charge is -2.37. The molecule has 9 nitrogen and oxygen atoms in total. The summed E-state index contributed by atoms with van der Waals surface area (Å²) in [6.45, 7) is 4.19. The standard InChI is InChI=1S/C31H36N4O5/c1-21-18-35(22(2)20-36)30(37)27-15-24(14-13-23-9-6-5-7-10-23)17-32-29(27)40-28(21)19-34(3)31(38)33-25-11-8-12-26(16-25)39-4/h5-17,21-22,28,36H,18-20H2,1-4H3,(H,33,38)/b14-13+/t21-,22+,28+/m1/s1. The summed E-state index contributed by atoms with van der Waals surface area (Å²) < 4.78 is 11.6. The van der Waals surface area contributed by atoms with Gasteiger partial charge in [0.15, 0.2) is 0 Å². The normalized spacial score (nSPS) is 17.8. The van der Waals surface area contributed by atoms with E-state index in [0.29, 0.717) is 23.5 Å². The van der Waals surface area contributed by atoms with Crippen LogP contribution in [0.1, 0.15) is 35.3 Å². The molecule has 0 radical (unpaired) electrons. The maximum absolute atomic E-state index is 13.6. The molecule has 1 aliphatic heterocycles. The predicted molar refractivity (Wildman–Crippen MR) is 155 cm³/mol. The van der Waals surface area contributed by atoms with Crippen molar-refractivity contribution in [3.63, 3.8) is 0 Å². The van der Waals surface area contributed by atoms with Crippen molar-refractivity contribution in [2.45, 2.75) is 26.0 Å². The van der Waals surface area contributed by atoms with E-state index in [0.717, 1.165) is 11.1 Å². The number of methoxy groups -OCH3 is 1. The van der Waals surface area contributed by atoms with Gasteiger partial charge in [0.05, 0.1) is 26.3 Å². The Morgan fingerprint density at radius 3 is 2.67 bits per heavy atom. The SMILES string of the molecule is COc1cccc(NC(=O)N(C)C[C@@H]2Oc3ncc(/C=C/c4ccccc4)cc3C(=O)N([C@@H](C)CO)C[C@H]2C)c1. The molecule has 40 heavy (non-hydrogen) atoms. The number of urea groups is 1. The number of rotatable bonds is 8. The average molecular weight is 545 g/mol. The molecule has 0 spiro atoms. The molecule has 9 heteroatoms. The van der Waals surface area contributed by atoms with Crippen LogP contribution in [0.3, 0.4) is 0 Å². The van der Waals surface area contributed by atoms with Crippen LogP contribution in [0.2, 0.25) is 0 Å². The predicted octanol–water partition coefficient (Wildman–Crippen LogP) is 4.64. The zero-order valence-electron chi connectivity index (χ0n) is 23.3. The van der Waals surface area contributed by atoms with Gasteiger partial charge in [-0.05, 0) is 36.2 Å². The Balaban J connectivity index is 1.58. The van der Waals surface area contributed by atoms with Gasteiger partial charge in [0.25, 0.3) is 5.91 Å². The maximum atomic E-state index is 13.6. The monoisotopic (exact) mass is 544 g/mol. The summed E-state index contributed by atoms with van der Waals surface area (Å²) in [5, 5.41) is 12.8. The van der Waals surface area contributed by atoms with Crippen LogP contribution in [0.5, 0.6) is 11.6 Å². The van der Waals surface area contributed by atoms with Gasteiger partial charge in [-0.15, -0.1) is 0 Å². The number of likely N-dealkylation sites (N-methyl/N-ethyl adjacent to an activating group) is 1. The van der Waals surface area contributed by atoms with E-state index in [1.54, 1.807) is 60.5 Å². The van der Waals surface area contributed by atoms with Crippen LogP contribution >= 0.6 is 0 Å². The summed E-state index contributed by atoms with van der Waals surface area (Å²) in [7, 11) is 3.26. The highest BCUT2D eigenvalue weighted by molar-refractivity contribution is 5.97. The summed E-state index contributed by atoms with van der Waals surface area (Å²) >= 11 is 0. The zero-order valence-corrected chi connectivity index (χ0v) is 23.3. The van der Waals surface area contributed by atoms with E-state index >= 15 is 0 Å². The van der Waals surface area contributed by atoms with E-state index in [2.05, 4.69) is 10.3 Å². The third kappa shape index (κ3) is 6.98. The Morgan fingerprint density at radius 2 is 1.95 bits per heavy atom. The topological polar surface area (TPSA) is 104 Å². The highest BCUT2D eigenvalue weighted by atomic mass is 16.5. The van der Waals surface area contributed by atoms with Gasteiger partial charge in [-0.25, -0.2) is 9.78 Å².